The van der Waals surface area contributed by atoms with Gasteiger partial charge in [-0.15, -0.1) is 11.3 Å². The number of carboxylic acid groups (broad SMARTS) is 1. The van der Waals surface area contributed by atoms with Gasteiger partial charge >= 0.3 is 12.0 Å². The highest BCUT2D eigenvalue weighted by Crippen LogP contribution is 2.29. The molecule has 2 rings (SSSR count). The summed E-state index contributed by atoms with van der Waals surface area (Å²) in [5, 5.41) is 15.2. The van der Waals surface area contributed by atoms with Gasteiger partial charge in [0.25, 0.3) is 0 Å². The Morgan fingerprint density at radius 3 is 2.81 bits per heavy atom. The lowest BCUT2D eigenvalue weighted by molar-refractivity contribution is -0.137. The normalized spacial score (nSPS) is 12.0. The molecule has 21 heavy (non-hydrogen) atoms. The maximum atomic E-state index is 11.7. The number of fused-ring (bicyclic) bond motifs is 1. The molecule has 0 aliphatic carbocycles. The monoisotopic (exact) mass is 306 g/mol. The number of thiophene rings is 1. The van der Waals surface area contributed by atoms with Crippen LogP contribution in [-0.2, 0) is 4.79 Å². The van der Waals surface area contributed by atoms with Crippen molar-refractivity contribution in [2.75, 3.05) is 6.54 Å². The summed E-state index contributed by atoms with van der Waals surface area (Å²) < 4.78 is 1.20. The van der Waals surface area contributed by atoms with Gasteiger partial charge in [-0.3, -0.25) is 4.79 Å². The van der Waals surface area contributed by atoms with E-state index in [4.69, 9.17) is 5.11 Å². The zero-order chi connectivity index (χ0) is 15.2. The van der Waals surface area contributed by atoms with Crippen LogP contribution in [0.5, 0.6) is 0 Å². The number of hydrogen-bond donors (Lipinski definition) is 3. The third-order valence-electron chi connectivity index (χ3n) is 3.07. The lowest BCUT2D eigenvalue weighted by Crippen LogP contribution is -2.37. The number of hydrogen-bond acceptors (Lipinski definition) is 3. The van der Waals surface area contributed by atoms with Crippen LogP contribution in [0.25, 0.3) is 10.1 Å². The van der Waals surface area contributed by atoms with Gasteiger partial charge in [-0.25, -0.2) is 4.79 Å². The van der Waals surface area contributed by atoms with E-state index in [0.29, 0.717) is 13.0 Å². The minimum absolute atomic E-state index is 0.0617. The van der Waals surface area contributed by atoms with Gasteiger partial charge in [-0.2, -0.15) is 0 Å². The molecule has 1 aromatic heterocycles. The van der Waals surface area contributed by atoms with E-state index in [-0.39, 0.29) is 18.5 Å². The molecule has 2 amide bonds. The first kappa shape index (κ1) is 15.3. The molecular weight excluding hydrogens is 288 g/mol. The Morgan fingerprint density at radius 2 is 2.10 bits per heavy atom. The summed E-state index contributed by atoms with van der Waals surface area (Å²) in [5.41, 5.74) is 0. The maximum Gasteiger partial charge on any atom is 0.315 e. The molecule has 1 unspecified atom stereocenters. The summed E-state index contributed by atoms with van der Waals surface area (Å²) >= 11 is 1.66. The molecule has 2 aromatic rings. The van der Waals surface area contributed by atoms with Crippen LogP contribution in [0.1, 0.15) is 30.7 Å². The van der Waals surface area contributed by atoms with E-state index in [1.165, 1.54) is 10.1 Å². The number of urea groups is 1. The SMILES string of the molecule is CC(NC(=O)NCCCC(=O)O)c1cc2ccccc2s1. The standard InChI is InChI=1S/C15H18N2O3S/c1-10(17-15(20)16-8-4-7-14(18)19)13-9-11-5-2-3-6-12(11)21-13/h2-3,5-6,9-10H,4,7-8H2,1H3,(H,18,19)(H2,16,17,20). The van der Waals surface area contributed by atoms with Crippen LogP contribution in [-0.4, -0.2) is 23.7 Å². The first-order chi connectivity index (χ1) is 10.1. The summed E-state index contributed by atoms with van der Waals surface area (Å²) in [6, 6.07) is 9.82. The average Bonchev–Trinajstić information content (AvgIpc) is 2.87. The molecule has 3 N–H and O–H groups in total. The lowest BCUT2D eigenvalue weighted by atomic mass is 10.2. The van der Waals surface area contributed by atoms with E-state index in [1.807, 2.05) is 25.1 Å². The molecule has 0 fully saturated rings. The molecule has 0 aliphatic heterocycles. The molecule has 112 valence electrons. The summed E-state index contributed by atoms with van der Waals surface area (Å²) in [6.45, 7) is 2.29. The van der Waals surface area contributed by atoms with Crippen LogP contribution in [0.2, 0.25) is 0 Å². The van der Waals surface area contributed by atoms with Crippen molar-refractivity contribution in [3.8, 4) is 0 Å². The van der Waals surface area contributed by atoms with Gasteiger partial charge in [0, 0.05) is 22.5 Å². The fourth-order valence-electron chi connectivity index (χ4n) is 1.98. The van der Waals surface area contributed by atoms with E-state index in [1.54, 1.807) is 11.3 Å². The molecule has 0 radical (unpaired) electrons. The predicted octanol–water partition coefficient (Wildman–Crippen LogP) is 3.13. The van der Waals surface area contributed by atoms with Crippen molar-refractivity contribution in [1.29, 1.82) is 0 Å². The largest absolute Gasteiger partial charge is 0.481 e. The molecule has 0 saturated carbocycles. The number of rotatable bonds is 6. The van der Waals surface area contributed by atoms with Crippen molar-refractivity contribution in [1.82, 2.24) is 10.6 Å². The molecule has 0 saturated heterocycles. The fraction of sp³-hybridized carbons (Fsp3) is 0.333. The highest BCUT2D eigenvalue weighted by Gasteiger charge is 2.12. The number of carboxylic acids is 1. The highest BCUT2D eigenvalue weighted by atomic mass is 32.1. The summed E-state index contributed by atoms with van der Waals surface area (Å²) in [4.78, 5) is 23.2. The molecule has 6 heteroatoms. The topological polar surface area (TPSA) is 78.4 Å². The molecule has 0 spiro atoms. The van der Waals surface area contributed by atoms with Gasteiger partial charge in [0.15, 0.2) is 0 Å². The molecule has 0 aliphatic rings. The van der Waals surface area contributed by atoms with Crippen molar-refractivity contribution in [2.24, 2.45) is 0 Å². The Kier molecular flexibility index (Phi) is 5.16. The molecular formula is C15H18N2O3S. The number of benzene rings is 1. The number of nitrogens with one attached hydrogen (secondary N) is 2. The second-order valence-electron chi connectivity index (χ2n) is 4.81. The predicted molar refractivity (Wildman–Crippen MR) is 83.6 cm³/mol. The number of carbonyl (C=O) groups is 2. The zero-order valence-corrected chi connectivity index (χ0v) is 12.6. The van der Waals surface area contributed by atoms with E-state index in [0.717, 1.165) is 4.88 Å². The van der Waals surface area contributed by atoms with Gasteiger partial charge in [0.05, 0.1) is 6.04 Å². The van der Waals surface area contributed by atoms with Crippen LogP contribution in [0.4, 0.5) is 4.79 Å². The van der Waals surface area contributed by atoms with E-state index in [2.05, 4.69) is 22.8 Å². The highest BCUT2D eigenvalue weighted by molar-refractivity contribution is 7.19. The van der Waals surface area contributed by atoms with E-state index in [9.17, 15) is 9.59 Å². The van der Waals surface area contributed by atoms with Crippen molar-refractivity contribution >= 4 is 33.4 Å². The van der Waals surface area contributed by atoms with Crippen LogP contribution in [0.15, 0.2) is 30.3 Å². The first-order valence-corrected chi connectivity index (χ1v) is 7.62. The van der Waals surface area contributed by atoms with Crippen molar-refractivity contribution in [3.63, 3.8) is 0 Å². The number of amides is 2. The van der Waals surface area contributed by atoms with Crippen LogP contribution < -0.4 is 10.6 Å². The third-order valence-corrected chi connectivity index (χ3v) is 4.37. The molecule has 1 atom stereocenters. The second kappa shape index (κ2) is 7.08. The molecule has 1 heterocycles. The lowest BCUT2D eigenvalue weighted by Gasteiger charge is -2.12. The smallest absolute Gasteiger partial charge is 0.315 e. The van der Waals surface area contributed by atoms with Crippen molar-refractivity contribution in [3.05, 3.63) is 35.2 Å². The minimum Gasteiger partial charge on any atom is -0.481 e. The van der Waals surface area contributed by atoms with Gasteiger partial charge in [-0.1, -0.05) is 18.2 Å². The van der Waals surface area contributed by atoms with E-state index < -0.39 is 5.97 Å². The van der Waals surface area contributed by atoms with E-state index >= 15 is 0 Å². The second-order valence-corrected chi connectivity index (χ2v) is 5.92. The average molecular weight is 306 g/mol. The van der Waals surface area contributed by atoms with Gasteiger partial charge in [0.1, 0.15) is 0 Å². The first-order valence-electron chi connectivity index (χ1n) is 6.81. The molecule has 5 nitrogen and oxygen atoms in total. The quantitative estimate of drug-likeness (QED) is 0.717. The minimum atomic E-state index is -0.851. The van der Waals surface area contributed by atoms with Gasteiger partial charge < -0.3 is 15.7 Å². The maximum absolute atomic E-state index is 11.7. The number of carbonyl (C=O) groups excluding carboxylic acids is 1. The fourth-order valence-corrected chi connectivity index (χ4v) is 3.04. The van der Waals surface area contributed by atoms with Gasteiger partial charge in [-0.05, 0) is 30.9 Å². The Hall–Kier alpha value is -2.08. The summed E-state index contributed by atoms with van der Waals surface area (Å²) in [7, 11) is 0. The van der Waals surface area contributed by atoms with Crippen LogP contribution >= 0.6 is 11.3 Å². The molecule has 1 aromatic carbocycles. The number of aliphatic carboxylic acids is 1. The summed E-state index contributed by atoms with van der Waals surface area (Å²) in [6.07, 6.45) is 0.492. The Labute approximate surface area is 127 Å². The van der Waals surface area contributed by atoms with Crippen LogP contribution in [0, 0.1) is 0 Å². The Morgan fingerprint density at radius 1 is 1.33 bits per heavy atom. The van der Waals surface area contributed by atoms with Crippen molar-refractivity contribution in [2.45, 2.75) is 25.8 Å². The van der Waals surface area contributed by atoms with Gasteiger partial charge in [0.2, 0.25) is 0 Å². The van der Waals surface area contributed by atoms with Crippen LogP contribution in [0.3, 0.4) is 0 Å². The summed E-state index contributed by atoms with van der Waals surface area (Å²) in [5.74, 6) is -0.851. The zero-order valence-electron chi connectivity index (χ0n) is 11.8. The molecule has 0 bridgehead atoms. The van der Waals surface area contributed by atoms with Crippen molar-refractivity contribution < 1.29 is 14.7 Å². The Balaban J connectivity index is 1.84. The Bertz CT molecular complexity index is 606. The third kappa shape index (κ3) is 4.46.